The molecule has 0 aliphatic carbocycles. The van der Waals surface area contributed by atoms with Gasteiger partial charge in [-0.15, -0.1) is 0 Å². The Bertz CT molecular complexity index is 670. The lowest BCUT2D eigenvalue weighted by Crippen LogP contribution is -2.05. The maximum absolute atomic E-state index is 12.4. The largest absolute Gasteiger partial charge is 0.502 e. The highest BCUT2D eigenvalue weighted by atomic mass is 19.4. The van der Waals surface area contributed by atoms with E-state index >= 15 is 0 Å². The fourth-order valence-electron chi connectivity index (χ4n) is 1.78. The van der Waals surface area contributed by atoms with Gasteiger partial charge in [-0.2, -0.15) is 13.2 Å². The maximum Gasteiger partial charge on any atom is 0.416 e. The van der Waals surface area contributed by atoms with Gasteiger partial charge in [0.1, 0.15) is 5.76 Å². The number of hydrogen-bond acceptors (Lipinski definition) is 3. The molecule has 0 spiro atoms. The summed E-state index contributed by atoms with van der Waals surface area (Å²) in [6, 6.07) is 5.60. The quantitative estimate of drug-likeness (QED) is 0.920. The van der Waals surface area contributed by atoms with E-state index in [-0.39, 0.29) is 12.2 Å². The zero-order chi connectivity index (χ0) is 14.9. The summed E-state index contributed by atoms with van der Waals surface area (Å²) in [7, 11) is 0. The standard InChI is InChI=1S/C14H11F3O3/c1-8-6-11(18)13(19)12(20-8)7-9-2-4-10(5-3-9)14(15,16)17/h2-6,19H,7H2,1H3. The molecule has 1 N–H and O–H groups in total. The Labute approximate surface area is 112 Å². The van der Waals surface area contributed by atoms with Crippen LogP contribution in [0, 0.1) is 6.92 Å². The Morgan fingerprint density at radius 3 is 2.35 bits per heavy atom. The van der Waals surface area contributed by atoms with Crippen LogP contribution in [0.5, 0.6) is 5.75 Å². The van der Waals surface area contributed by atoms with Crippen molar-refractivity contribution < 1.29 is 22.7 Å². The molecule has 6 heteroatoms. The summed E-state index contributed by atoms with van der Waals surface area (Å²) >= 11 is 0. The highest BCUT2D eigenvalue weighted by Crippen LogP contribution is 2.29. The molecule has 0 amide bonds. The summed E-state index contributed by atoms with van der Waals surface area (Å²) in [5.74, 6) is -0.153. The van der Waals surface area contributed by atoms with Crippen LogP contribution in [0.1, 0.15) is 22.6 Å². The third kappa shape index (κ3) is 3.01. The molecule has 3 nitrogen and oxygen atoms in total. The third-order valence-corrected chi connectivity index (χ3v) is 2.76. The van der Waals surface area contributed by atoms with Gasteiger partial charge in [0.15, 0.2) is 5.76 Å². The smallest absolute Gasteiger partial charge is 0.416 e. The number of halogens is 3. The van der Waals surface area contributed by atoms with E-state index in [1.807, 2.05) is 0 Å². The Morgan fingerprint density at radius 2 is 1.80 bits per heavy atom. The fraction of sp³-hybridized carbons (Fsp3) is 0.214. The summed E-state index contributed by atoms with van der Waals surface area (Å²) < 4.78 is 42.5. The van der Waals surface area contributed by atoms with Gasteiger partial charge in [0, 0.05) is 12.5 Å². The second kappa shape index (κ2) is 5.03. The van der Waals surface area contributed by atoms with Gasteiger partial charge < -0.3 is 9.52 Å². The van der Waals surface area contributed by atoms with Crippen LogP contribution in [0.25, 0.3) is 0 Å². The van der Waals surface area contributed by atoms with Crippen LogP contribution < -0.4 is 5.43 Å². The lowest BCUT2D eigenvalue weighted by molar-refractivity contribution is -0.137. The van der Waals surface area contributed by atoms with Crippen LogP contribution in [0.15, 0.2) is 39.5 Å². The van der Waals surface area contributed by atoms with Crippen molar-refractivity contribution >= 4 is 0 Å². The van der Waals surface area contributed by atoms with Crippen molar-refractivity contribution in [3.8, 4) is 5.75 Å². The fourth-order valence-corrected chi connectivity index (χ4v) is 1.78. The van der Waals surface area contributed by atoms with Crippen molar-refractivity contribution in [2.24, 2.45) is 0 Å². The first kappa shape index (κ1) is 14.2. The van der Waals surface area contributed by atoms with E-state index in [2.05, 4.69) is 0 Å². The summed E-state index contributed by atoms with van der Waals surface area (Å²) in [5.41, 5.74) is -0.825. The van der Waals surface area contributed by atoms with Crippen LogP contribution in [-0.4, -0.2) is 5.11 Å². The normalized spacial score (nSPS) is 11.6. The van der Waals surface area contributed by atoms with E-state index < -0.39 is 22.9 Å². The second-order valence-electron chi connectivity index (χ2n) is 4.36. The highest BCUT2D eigenvalue weighted by molar-refractivity contribution is 5.32. The molecule has 0 aliphatic heterocycles. The van der Waals surface area contributed by atoms with Crippen LogP contribution in [-0.2, 0) is 12.6 Å². The molecule has 20 heavy (non-hydrogen) atoms. The molecule has 1 heterocycles. The van der Waals surface area contributed by atoms with Crippen molar-refractivity contribution in [2.75, 3.05) is 0 Å². The first-order valence-corrected chi connectivity index (χ1v) is 5.76. The molecule has 0 radical (unpaired) electrons. The van der Waals surface area contributed by atoms with Crippen molar-refractivity contribution in [3.05, 3.63) is 63.2 Å². The van der Waals surface area contributed by atoms with Gasteiger partial charge in [0.25, 0.3) is 0 Å². The zero-order valence-electron chi connectivity index (χ0n) is 10.5. The third-order valence-electron chi connectivity index (χ3n) is 2.76. The minimum Gasteiger partial charge on any atom is -0.502 e. The van der Waals surface area contributed by atoms with Gasteiger partial charge in [0.2, 0.25) is 11.2 Å². The lowest BCUT2D eigenvalue weighted by atomic mass is 10.1. The van der Waals surface area contributed by atoms with Gasteiger partial charge in [-0.1, -0.05) is 12.1 Å². The molecule has 1 aromatic carbocycles. The van der Waals surface area contributed by atoms with E-state index in [0.717, 1.165) is 18.2 Å². The van der Waals surface area contributed by atoms with Gasteiger partial charge in [-0.3, -0.25) is 4.79 Å². The Hall–Kier alpha value is -2.24. The Kier molecular flexibility index (Phi) is 3.57. The van der Waals surface area contributed by atoms with E-state index in [1.165, 1.54) is 12.1 Å². The monoisotopic (exact) mass is 284 g/mol. The van der Waals surface area contributed by atoms with Crippen molar-refractivity contribution in [3.63, 3.8) is 0 Å². The maximum atomic E-state index is 12.4. The molecule has 0 saturated carbocycles. The molecule has 0 saturated heterocycles. The molecular weight excluding hydrogens is 273 g/mol. The first-order valence-electron chi connectivity index (χ1n) is 5.76. The Morgan fingerprint density at radius 1 is 1.20 bits per heavy atom. The first-order chi connectivity index (χ1) is 9.27. The van der Waals surface area contributed by atoms with Gasteiger partial charge in [-0.05, 0) is 24.6 Å². The summed E-state index contributed by atoms with van der Waals surface area (Å²) in [4.78, 5) is 11.4. The molecular formula is C14H11F3O3. The van der Waals surface area contributed by atoms with Crippen LogP contribution in [0.4, 0.5) is 13.2 Å². The van der Waals surface area contributed by atoms with Crippen LogP contribution >= 0.6 is 0 Å². The molecule has 106 valence electrons. The van der Waals surface area contributed by atoms with Gasteiger partial charge in [-0.25, -0.2) is 0 Å². The summed E-state index contributed by atoms with van der Waals surface area (Å²) in [5, 5.41) is 9.58. The van der Waals surface area contributed by atoms with Crippen LogP contribution in [0.2, 0.25) is 0 Å². The van der Waals surface area contributed by atoms with Crippen molar-refractivity contribution in [1.29, 1.82) is 0 Å². The molecule has 1 aromatic heterocycles. The second-order valence-corrected chi connectivity index (χ2v) is 4.36. The molecule has 0 unspecified atom stereocenters. The average molecular weight is 284 g/mol. The number of alkyl halides is 3. The van der Waals surface area contributed by atoms with Gasteiger partial charge >= 0.3 is 6.18 Å². The van der Waals surface area contributed by atoms with E-state index in [4.69, 9.17) is 4.42 Å². The van der Waals surface area contributed by atoms with Crippen LogP contribution in [0.3, 0.4) is 0 Å². The Balaban J connectivity index is 2.29. The minimum absolute atomic E-state index is 0.0368. The summed E-state index contributed by atoms with van der Waals surface area (Å²) in [6.07, 6.45) is -4.35. The van der Waals surface area contributed by atoms with E-state index in [1.54, 1.807) is 6.92 Å². The van der Waals surface area contributed by atoms with E-state index in [0.29, 0.717) is 11.3 Å². The average Bonchev–Trinajstić information content (AvgIpc) is 2.35. The van der Waals surface area contributed by atoms with Crippen molar-refractivity contribution in [1.82, 2.24) is 0 Å². The zero-order valence-corrected chi connectivity index (χ0v) is 10.5. The number of hydrogen-bond donors (Lipinski definition) is 1. The molecule has 0 fully saturated rings. The number of benzene rings is 1. The van der Waals surface area contributed by atoms with E-state index in [9.17, 15) is 23.1 Å². The lowest BCUT2D eigenvalue weighted by Gasteiger charge is -2.08. The predicted octanol–water partition coefficient (Wildman–Crippen LogP) is 3.26. The van der Waals surface area contributed by atoms with Crippen molar-refractivity contribution in [2.45, 2.75) is 19.5 Å². The SMILES string of the molecule is Cc1cc(=O)c(O)c(Cc2ccc(C(F)(F)F)cc2)o1. The molecule has 2 aromatic rings. The topological polar surface area (TPSA) is 50.4 Å². The number of aryl methyl sites for hydroxylation is 1. The molecule has 2 rings (SSSR count). The number of aromatic hydroxyl groups is 1. The molecule has 0 bridgehead atoms. The molecule has 0 aliphatic rings. The molecule has 0 atom stereocenters. The summed E-state index contributed by atoms with van der Waals surface area (Å²) in [6.45, 7) is 1.55. The van der Waals surface area contributed by atoms with Gasteiger partial charge in [0.05, 0.1) is 5.56 Å². The number of rotatable bonds is 2. The highest BCUT2D eigenvalue weighted by Gasteiger charge is 2.29. The minimum atomic E-state index is -4.39. The predicted molar refractivity (Wildman–Crippen MR) is 65.6 cm³/mol.